The van der Waals surface area contributed by atoms with Gasteiger partial charge in [-0.3, -0.25) is 0 Å². The van der Waals surface area contributed by atoms with Crippen molar-refractivity contribution >= 4 is 38.6 Å². The highest BCUT2D eigenvalue weighted by atomic mass is 35.5. The zero-order valence-electron chi connectivity index (χ0n) is 10.5. The van der Waals surface area contributed by atoms with Crippen molar-refractivity contribution in [3.8, 4) is 0 Å². The molecule has 1 aliphatic heterocycles. The lowest BCUT2D eigenvalue weighted by Crippen LogP contribution is -2.22. The molecule has 2 aromatic rings. The number of hydrogen-bond acceptors (Lipinski definition) is 4. The summed E-state index contributed by atoms with van der Waals surface area (Å²) in [6.07, 6.45) is 0.941. The van der Waals surface area contributed by atoms with Crippen LogP contribution in [0.2, 0.25) is 4.34 Å². The van der Waals surface area contributed by atoms with Crippen molar-refractivity contribution in [3.63, 3.8) is 0 Å². The quantitative estimate of drug-likeness (QED) is 0.907. The summed E-state index contributed by atoms with van der Waals surface area (Å²) in [6.45, 7) is 1.12. The second-order valence-corrected chi connectivity index (χ2v) is 8.09. The number of halogens is 1. The number of hydrogen-bond donors (Lipinski definition) is 2. The van der Waals surface area contributed by atoms with Crippen LogP contribution in [-0.4, -0.2) is 15.0 Å². The third-order valence-corrected chi connectivity index (χ3v) is 5.80. The van der Waals surface area contributed by atoms with Gasteiger partial charge in [-0.15, -0.1) is 11.3 Å². The van der Waals surface area contributed by atoms with E-state index >= 15 is 0 Å². The number of thiophene rings is 1. The molecule has 7 heteroatoms. The predicted octanol–water partition coefficient (Wildman–Crippen LogP) is 2.85. The van der Waals surface area contributed by atoms with Crippen LogP contribution in [-0.2, 0) is 23.0 Å². The maximum atomic E-state index is 12.2. The van der Waals surface area contributed by atoms with E-state index in [1.165, 1.54) is 11.3 Å². The standard InChI is InChI=1S/C13H13ClN2O2S2/c14-13-4-2-10(19-13)8-16-20(17,18)11-3-1-9-5-6-15-12(9)7-11/h1-4,7,15-16H,5-6,8H2. The summed E-state index contributed by atoms with van der Waals surface area (Å²) in [5, 5.41) is 3.18. The summed E-state index contributed by atoms with van der Waals surface area (Å²) in [5.41, 5.74) is 2.07. The van der Waals surface area contributed by atoms with Gasteiger partial charge >= 0.3 is 0 Å². The van der Waals surface area contributed by atoms with Gasteiger partial charge in [0.2, 0.25) is 10.0 Å². The van der Waals surface area contributed by atoms with Crippen LogP contribution in [0.1, 0.15) is 10.4 Å². The van der Waals surface area contributed by atoms with Gasteiger partial charge in [-0.05, 0) is 36.2 Å². The normalized spacial score (nSPS) is 14.1. The molecule has 0 atom stereocenters. The fourth-order valence-electron chi connectivity index (χ4n) is 2.13. The van der Waals surface area contributed by atoms with Crippen molar-refractivity contribution in [2.24, 2.45) is 0 Å². The average Bonchev–Trinajstić information content (AvgIpc) is 3.04. The second-order valence-electron chi connectivity index (χ2n) is 4.53. The minimum Gasteiger partial charge on any atom is -0.384 e. The largest absolute Gasteiger partial charge is 0.384 e. The van der Waals surface area contributed by atoms with Gasteiger partial charge in [0.05, 0.1) is 9.23 Å². The molecule has 0 spiro atoms. The van der Waals surface area contributed by atoms with E-state index in [-0.39, 0.29) is 11.4 Å². The number of rotatable bonds is 4. The van der Waals surface area contributed by atoms with Crippen molar-refractivity contribution in [2.45, 2.75) is 17.9 Å². The molecule has 0 unspecified atom stereocenters. The van der Waals surface area contributed by atoms with E-state index in [0.29, 0.717) is 4.34 Å². The van der Waals surface area contributed by atoms with E-state index in [1.807, 2.05) is 12.1 Å². The van der Waals surface area contributed by atoms with Crippen LogP contribution in [0.4, 0.5) is 5.69 Å². The fraction of sp³-hybridized carbons (Fsp3) is 0.231. The molecule has 0 bridgehead atoms. The lowest BCUT2D eigenvalue weighted by atomic mass is 10.2. The van der Waals surface area contributed by atoms with Crippen LogP contribution in [0.5, 0.6) is 0 Å². The van der Waals surface area contributed by atoms with Gasteiger partial charge in [0.25, 0.3) is 0 Å². The molecule has 4 nitrogen and oxygen atoms in total. The first-order valence-corrected chi connectivity index (χ1v) is 8.83. The predicted molar refractivity (Wildman–Crippen MR) is 82.0 cm³/mol. The minimum atomic E-state index is -3.50. The molecule has 0 aliphatic carbocycles. The molecule has 0 fully saturated rings. The van der Waals surface area contributed by atoms with E-state index < -0.39 is 10.0 Å². The number of benzene rings is 1. The molecule has 1 aromatic carbocycles. The SMILES string of the molecule is O=S(=O)(NCc1ccc(Cl)s1)c1ccc2c(c1)NCC2. The first-order valence-electron chi connectivity index (χ1n) is 6.15. The van der Waals surface area contributed by atoms with Crippen LogP contribution in [0.25, 0.3) is 0 Å². The van der Waals surface area contributed by atoms with Gasteiger partial charge in [0, 0.05) is 23.7 Å². The molecule has 0 saturated heterocycles. The number of nitrogens with one attached hydrogen (secondary N) is 2. The summed E-state index contributed by atoms with van der Waals surface area (Å²) in [4.78, 5) is 1.17. The monoisotopic (exact) mass is 328 g/mol. The maximum absolute atomic E-state index is 12.2. The highest BCUT2D eigenvalue weighted by Gasteiger charge is 2.18. The Morgan fingerprint density at radius 2 is 2.15 bits per heavy atom. The number of anilines is 1. The molecule has 1 aromatic heterocycles. The van der Waals surface area contributed by atoms with E-state index in [0.717, 1.165) is 29.1 Å². The van der Waals surface area contributed by atoms with Crippen molar-refractivity contribution in [3.05, 3.63) is 45.1 Å². The fourth-order valence-corrected chi connectivity index (χ4v) is 4.28. The Bertz CT molecular complexity index is 741. The van der Waals surface area contributed by atoms with E-state index in [1.54, 1.807) is 18.2 Å². The van der Waals surface area contributed by atoms with Crippen LogP contribution >= 0.6 is 22.9 Å². The molecule has 2 N–H and O–H groups in total. The van der Waals surface area contributed by atoms with Crippen molar-refractivity contribution in [1.82, 2.24) is 4.72 Å². The van der Waals surface area contributed by atoms with Gasteiger partial charge in [0.15, 0.2) is 0 Å². The Balaban J connectivity index is 1.78. The zero-order valence-corrected chi connectivity index (χ0v) is 12.9. The third kappa shape index (κ3) is 2.83. The summed E-state index contributed by atoms with van der Waals surface area (Å²) in [6, 6.07) is 8.78. The molecular weight excluding hydrogens is 316 g/mol. The van der Waals surface area contributed by atoms with Gasteiger partial charge in [-0.1, -0.05) is 17.7 Å². The molecule has 3 rings (SSSR count). The summed E-state index contributed by atoms with van der Waals surface area (Å²) < 4.78 is 27.7. The lowest BCUT2D eigenvalue weighted by Gasteiger charge is -2.07. The number of sulfonamides is 1. The van der Waals surface area contributed by atoms with Crippen LogP contribution < -0.4 is 10.0 Å². The van der Waals surface area contributed by atoms with Crippen molar-refractivity contribution in [2.75, 3.05) is 11.9 Å². The first kappa shape index (κ1) is 13.9. The summed E-state index contributed by atoms with van der Waals surface area (Å²) in [5.74, 6) is 0. The van der Waals surface area contributed by atoms with Gasteiger partial charge in [0.1, 0.15) is 0 Å². The molecule has 2 heterocycles. The average molecular weight is 329 g/mol. The van der Waals surface area contributed by atoms with E-state index in [2.05, 4.69) is 10.0 Å². The zero-order chi connectivity index (χ0) is 14.2. The molecular formula is C13H13ClN2O2S2. The Kier molecular flexibility index (Phi) is 3.72. The van der Waals surface area contributed by atoms with E-state index in [4.69, 9.17) is 11.6 Å². The molecule has 0 radical (unpaired) electrons. The first-order chi connectivity index (χ1) is 9.54. The Morgan fingerprint density at radius 1 is 1.30 bits per heavy atom. The summed E-state index contributed by atoms with van der Waals surface area (Å²) >= 11 is 7.19. The molecule has 0 saturated carbocycles. The topological polar surface area (TPSA) is 58.2 Å². The Morgan fingerprint density at radius 3 is 2.90 bits per heavy atom. The number of fused-ring (bicyclic) bond motifs is 1. The van der Waals surface area contributed by atoms with Crippen molar-refractivity contribution in [1.29, 1.82) is 0 Å². The van der Waals surface area contributed by atoms with Crippen molar-refractivity contribution < 1.29 is 8.42 Å². The van der Waals surface area contributed by atoms with Gasteiger partial charge in [-0.25, -0.2) is 13.1 Å². The Hall–Kier alpha value is -1.08. The summed E-state index contributed by atoms with van der Waals surface area (Å²) in [7, 11) is -3.50. The highest BCUT2D eigenvalue weighted by molar-refractivity contribution is 7.89. The third-order valence-electron chi connectivity index (χ3n) is 3.17. The molecule has 1 aliphatic rings. The van der Waals surface area contributed by atoms with Crippen LogP contribution in [0.15, 0.2) is 35.2 Å². The second kappa shape index (κ2) is 5.37. The maximum Gasteiger partial charge on any atom is 0.240 e. The minimum absolute atomic E-state index is 0.254. The molecule has 106 valence electrons. The van der Waals surface area contributed by atoms with Crippen LogP contribution in [0, 0.1) is 0 Å². The van der Waals surface area contributed by atoms with Crippen LogP contribution in [0.3, 0.4) is 0 Å². The van der Waals surface area contributed by atoms with Gasteiger partial charge < -0.3 is 5.32 Å². The lowest BCUT2D eigenvalue weighted by molar-refractivity contribution is 0.582. The van der Waals surface area contributed by atoms with Gasteiger partial charge in [-0.2, -0.15) is 0 Å². The Labute approximate surface area is 126 Å². The smallest absolute Gasteiger partial charge is 0.240 e. The molecule has 20 heavy (non-hydrogen) atoms. The molecule has 0 amide bonds. The highest BCUT2D eigenvalue weighted by Crippen LogP contribution is 2.26. The van der Waals surface area contributed by atoms with E-state index in [9.17, 15) is 8.42 Å².